The maximum absolute atomic E-state index is 5.50. The van der Waals surface area contributed by atoms with Gasteiger partial charge in [0.2, 0.25) is 5.89 Å². The van der Waals surface area contributed by atoms with Gasteiger partial charge in [-0.1, -0.05) is 40.1 Å². The van der Waals surface area contributed by atoms with Crippen molar-refractivity contribution in [2.75, 3.05) is 11.9 Å². The molecule has 1 heterocycles. The minimum atomic E-state index is 0.102. The van der Waals surface area contributed by atoms with E-state index in [1.807, 2.05) is 19.1 Å². The molecule has 1 aromatic carbocycles. The summed E-state index contributed by atoms with van der Waals surface area (Å²) in [6, 6.07) is 8.66. The summed E-state index contributed by atoms with van der Waals surface area (Å²) >= 11 is 3.46. The van der Waals surface area contributed by atoms with Crippen LogP contribution in [0.5, 0.6) is 0 Å². The molecule has 1 unspecified atom stereocenters. The van der Waals surface area contributed by atoms with Crippen LogP contribution >= 0.6 is 15.9 Å². The Kier molecular flexibility index (Phi) is 4.93. The van der Waals surface area contributed by atoms with Crippen LogP contribution in [0.3, 0.4) is 0 Å². The van der Waals surface area contributed by atoms with Gasteiger partial charge in [-0.15, -0.1) is 5.10 Å². The zero-order valence-corrected chi connectivity index (χ0v) is 12.6. The highest BCUT2D eigenvalue weighted by Crippen LogP contribution is 2.21. The van der Waals surface area contributed by atoms with Gasteiger partial charge >= 0.3 is 6.01 Å². The largest absolute Gasteiger partial charge is 0.407 e. The SMILES string of the molecule is CCNCc1nnc(NC(C)c2cccc(Br)c2)o1. The van der Waals surface area contributed by atoms with E-state index in [1.54, 1.807) is 0 Å². The van der Waals surface area contributed by atoms with Gasteiger partial charge in [-0.3, -0.25) is 0 Å². The highest BCUT2D eigenvalue weighted by molar-refractivity contribution is 9.10. The summed E-state index contributed by atoms with van der Waals surface area (Å²) < 4.78 is 6.55. The fourth-order valence-corrected chi connectivity index (χ4v) is 2.08. The van der Waals surface area contributed by atoms with E-state index < -0.39 is 0 Å². The Labute approximate surface area is 120 Å². The van der Waals surface area contributed by atoms with Crippen LogP contribution in [-0.4, -0.2) is 16.7 Å². The summed E-state index contributed by atoms with van der Waals surface area (Å²) in [4.78, 5) is 0. The summed E-state index contributed by atoms with van der Waals surface area (Å²) in [6.45, 7) is 5.55. The quantitative estimate of drug-likeness (QED) is 0.854. The highest BCUT2D eigenvalue weighted by atomic mass is 79.9. The minimum Gasteiger partial charge on any atom is -0.407 e. The van der Waals surface area contributed by atoms with E-state index in [4.69, 9.17) is 4.42 Å². The lowest BCUT2D eigenvalue weighted by atomic mass is 10.1. The zero-order chi connectivity index (χ0) is 13.7. The summed E-state index contributed by atoms with van der Waals surface area (Å²) in [5.74, 6) is 0.589. The molecule has 0 saturated carbocycles. The second-order valence-electron chi connectivity index (χ2n) is 4.20. The summed E-state index contributed by atoms with van der Waals surface area (Å²) in [5, 5.41) is 14.3. The van der Waals surface area contributed by atoms with Crippen LogP contribution in [-0.2, 0) is 6.54 Å². The van der Waals surface area contributed by atoms with E-state index in [2.05, 4.69) is 55.8 Å². The van der Waals surface area contributed by atoms with E-state index in [-0.39, 0.29) is 6.04 Å². The number of anilines is 1. The Bertz CT molecular complexity index is 529. The van der Waals surface area contributed by atoms with Crippen molar-refractivity contribution < 1.29 is 4.42 Å². The van der Waals surface area contributed by atoms with Crippen LogP contribution in [0.25, 0.3) is 0 Å². The summed E-state index contributed by atoms with van der Waals surface area (Å²) in [5.41, 5.74) is 1.15. The number of halogens is 1. The van der Waals surface area contributed by atoms with E-state index in [0.29, 0.717) is 18.5 Å². The van der Waals surface area contributed by atoms with Crippen molar-refractivity contribution in [2.45, 2.75) is 26.4 Å². The summed E-state index contributed by atoms with van der Waals surface area (Å²) in [7, 11) is 0. The van der Waals surface area contributed by atoms with Gasteiger partial charge in [0.25, 0.3) is 0 Å². The van der Waals surface area contributed by atoms with Crippen LogP contribution in [0.1, 0.15) is 31.3 Å². The monoisotopic (exact) mass is 324 g/mol. The summed E-state index contributed by atoms with van der Waals surface area (Å²) in [6.07, 6.45) is 0. The first kappa shape index (κ1) is 14.0. The number of aromatic nitrogens is 2. The average Bonchev–Trinajstić information content (AvgIpc) is 2.84. The molecule has 0 radical (unpaired) electrons. The lowest BCUT2D eigenvalue weighted by Gasteiger charge is -2.12. The van der Waals surface area contributed by atoms with Crippen molar-refractivity contribution in [3.8, 4) is 0 Å². The van der Waals surface area contributed by atoms with Gasteiger partial charge in [-0.25, -0.2) is 0 Å². The molecular weight excluding hydrogens is 308 g/mol. The van der Waals surface area contributed by atoms with Crippen molar-refractivity contribution in [3.63, 3.8) is 0 Å². The molecule has 5 nitrogen and oxygen atoms in total. The molecule has 102 valence electrons. The second-order valence-corrected chi connectivity index (χ2v) is 5.12. The fraction of sp³-hybridized carbons (Fsp3) is 0.385. The van der Waals surface area contributed by atoms with E-state index >= 15 is 0 Å². The first-order valence-electron chi connectivity index (χ1n) is 6.24. The van der Waals surface area contributed by atoms with Crippen LogP contribution in [0.15, 0.2) is 33.2 Å². The predicted octanol–water partition coefficient (Wildman–Crippen LogP) is 3.11. The molecular formula is C13H17BrN4O. The van der Waals surface area contributed by atoms with Gasteiger partial charge in [0, 0.05) is 4.47 Å². The zero-order valence-electron chi connectivity index (χ0n) is 11.0. The molecule has 2 aromatic rings. The third-order valence-corrected chi connectivity index (χ3v) is 3.17. The predicted molar refractivity (Wildman–Crippen MR) is 77.9 cm³/mol. The van der Waals surface area contributed by atoms with Gasteiger partial charge in [-0.2, -0.15) is 0 Å². The minimum absolute atomic E-state index is 0.102. The number of rotatable bonds is 6. The molecule has 0 saturated heterocycles. The maximum Gasteiger partial charge on any atom is 0.315 e. The first-order chi connectivity index (χ1) is 9.19. The molecule has 1 atom stereocenters. The first-order valence-corrected chi connectivity index (χ1v) is 7.03. The van der Waals surface area contributed by atoms with E-state index in [1.165, 1.54) is 0 Å². The Hall–Kier alpha value is -1.40. The Morgan fingerprint density at radius 3 is 2.95 bits per heavy atom. The number of hydrogen-bond donors (Lipinski definition) is 2. The highest BCUT2D eigenvalue weighted by Gasteiger charge is 2.10. The smallest absolute Gasteiger partial charge is 0.315 e. The topological polar surface area (TPSA) is 63.0 Å². The molecule has 2 N–H and O–H groups in total. The molecule has 0 aliphatic rings. The fourth-order valence-electron chi connectivity index (χ4n) is 1.66. The number of hydrogen-bond acceptors (Lipinski definition) is 5. The standard InChI is InChI=1S/C13H17BrN4O/c1-3-15-8-12-17-18-13(19-12)16-9(2)10-5-4-6-11(14)7-10/h4-7,9,15H,3,8H2,1-2H3,(H,16,18). The Morgan fingerprint density at radius 1 is 1.37 bits per heavy atom. The van der Waals surface area contributed by atoms with Crippen molar-refractivity contribution in [2.24, 2.45) is 0 Å². The molecule has 0 fully saturated rings. The van der Waals surface area contributed by atoms with Crippen LogP contribution in [0.4, 0.5) is 6.01 Å². The maximum atomic E-state index is 5.50. The molecule has 0 spiro atoms. The van der Waals surface area contributed by atoms with Crippen molar-refractivity contribution in [3.05, 3.63) is 40.2 Å². The molecule has 2 rings (SSSR count). The Balaban J connectivity index is 1.98. The average molecular weight is 325 g/mol. The lowest BCUT2D eigenvalue weighted by Crippen LogP contribution is -2.11. The third-order valence-electron chi connectivity index (χ3n) is 2.68. The van der Waals surface area contributed by atoms with Crippen molar-refractivity contribution in [1.82, 2.24) is 15.5 Å². The van der Waals surface area contributed by atoms with Crippen molar-refractivity contribution >= 4 is 21.9 Å². The normalized spacial score (nSPS) is 12.4. The molecule has 6 heteroatoms. The molecule has 0 aliphatic heterocycles. The van der Waals surface area contributed by atoms with Gasteiger partial charge in [0.1, 0.15) is 0 Å². The second kappa shape index (κ2) is 6.68. The molecule has 1 aromatic heterocycles. The number of benzene rings is 1. The van der Waals surface area contributed by atoms with Crippen LogP contribution in [0, 0.1) is 0 Å². The van der Waals surface area contributed by atoms with Gasteiger partial charge in [-0.05, 0) is 31.2 Å². The van der Waals surface area contributed by atoms with Gasteiger partial charge in [0.15, 0.2) is 0 Å². The molecule has 0 amide bonds. The Morgan fingerprint density at radius 2 is 2.21 bits per heavy atom. The van der Waals surface area contributed by atoms with Gasteiger partial charge in [0.05, 0.1) is 12.6 Å². The van der Waals surface area contributed by atoms with Crippen molar-refractivity contribution in [1.29, 1.82) is 0 Å². The molecule has 0 aliphatic carbocycles. The third kappa shape index (κ3) is 4.04. The lowest BCUT2D eigenvalue weighted by molar-refractivity contribution is 0.478. The molecule has 0 bridgehead atoms. The number of nitrogens with one attached hydrogen (secondary N) is 2. The van der Waals surface area contributed by atoms with Gasteiger partial charge < -0.3 is 15.1 Å². The van der Waals surface area contributed by atoms with E-state index in [9.17, 15) is 0 Å². The molecule has 19 heavy (non-hydrogen) atoms. The van der Waals surface area contributed by atoms with Crippen LogP contribution in [0.2, 0.25) is 0 Å². The van der Waals surface area contributed by atoms with Crippen LogP contribution < -0.4 is 10.6 Å². The number of nitrogens with zero attached hydrogens (tertiary/aromatic N) is 2. The van der Waals surface area contributed by atoms with E-state index in [0.717, 1.165) is 16.6 Å².